The highest BCUT2D eigenvalue weighted by molar-refractivity contribution is 7.99. The smallest absolute Gasteiger partial charge is 0.263 e. The van der Waals surface area contributed by atoms with Gasteiger partial charge in [-0.3, -0.25) is 14.2 Å². The molecule has 3 aromatic heterocycles. The second-order valence-corrected chi connectivity index (χ2v) is 9.87. The van der Waals surface area contributed by atoms with E-state index in [-0.39, 0.29) is 17.5 Å². The SMILES string of the molecule is C=CCn1c(SCC(=O)N2CCCCC2C)nc2scc(-c3cccs3)c2c1=O. The number of thioether (sulfide) groups is 1. The monoisotopic (exact) mass is 445 g/mol. The first-order valence-corrected chi connectivity index (χ1v) is 12.4. The fourth-order valence-electron chi connectivity index (χ4n) is 3.70. The van der Waals surface area contributed by atoms with E-state index in [2.05, 4.69) is 13.5 Å². The molecule has 1 atom stereocenters. The Balaban J connectivity index is 1.65. The third kappa shape index (κ3) is 4.06. The summed E-state index contributed by atoms with van der Waals surface area (Å²) in [6.07, 6.45) is 5.00. The van der Waals surface area contributed by atoms with Crippen LogP contribution in [0.15, 0.2) is 45.5 Å². The molecule has 4 rings (SSSR count). The van der Waals surface area contributed by atoms with Crippen LogP contribution in [0.2, 0.25) is 0 Å². The van der Waals surface area contributed by atoms with E-state index < -0.39 is 0 Å². The molecule has 0 saturated carbocycles. The van der Waals surface area contributed by atoms with Crippen molar-refractivity contribution in [3.63, 3.8) is 0 Å². The lowest BCUT2D eigenvalue weighted by Crippen LogP contribution is -2.43. The van der Waals surface area contributed by atoms with Crippen LogP contribution in [0.1, 0.15) is 26.2 Å². The van der Waals surface area contributed by atoms with Crippen molar-refractivity contribution in [3.05, 3.63) is 45.9 Å². The number of hydrogen-bond acceptors (Lipinski definition) is 6. The molecule has 8 heteroatoms. The van der Waals surface area contributed by atoms with E-state index in [0.717, 1.165) is 34.7 Å². The summed E-state index contributed by atoms with van der Waals surface area (Å²) in [6.45, 7) is 7.09. The van der Waals surface area contributed by atoms with Gasteiger partial charge in [-0.25, -0.2) is 4.98 Å². The maximum atomic E-state index is 13.3. The summed E-state index contributed by atoms with van der Waals surface area (Å²) in [5.74, 6) is 0.412. The highest BCUT2D eigenvalue weighted by atomic mass is 32.2. The van der Waals surface area contributed by atoms with E-state index in [4.69, 9.17) is 4.98 Å². The van der Waals surface area contributed by atoms with Crippen molar-refractivity contribution in [2.45, 2.75) is 43.9 Å². The second-order valence-electron chi connectivity index (χ2n) is 7.13. The summed E-state index contributed by atoms with van der Waals surface area (Å²) in [7, 11) is 0. The Bertz CT molecular complexity index is 1080. The van der Waals surface area contributed by atoms with Gasteiger partial charge in [0.1, 0.15) is 4.83 Å². The predicted octanol–water partition coefficient (Wildman–Crippen LogP) is 4.87. The number of likely N-dealkylation sites (tertiary alicyclic amines) is 1. The molecule has 4 heterocycles. The fourth-order valence-corrected chi connectivity index (χ4v) is 6.39. The lowest BCUT2D eigenvalue weighted by molar-refractivity contribution is -0.131. The van der Waals surface area contributed by atoms with E-state index in [0.29, 0.717) is 22.8 Å². The van der Waals surface area contributed by atoms with Gasteiger partial charge in [0.05, 0.1) is 11.1 Å². The molecular formula is C21H23N3O2S3. The molecule has 1 unspecified atom stereocenters. The average molecular weight is 446 g/mol. The van der Waals surface area contributed by atoms with Crippen LogP contribution in [0.4, 0.5) is 0 Å². The third-order valence-corrected chi connectivity index (χ3v) is 7.94. The maximum Gasteiger partial charge on any atom is 0.263 e. The molecule has 5 nitrogen and oxygen atoms in total. The van der Waals surface area contributed by atoms with Crippen LogP contribution in [0.25, 0.3) is 20.7 Å². The van der Waals surface area contributed by atoms with E-state index in [1.54, 1.807) is 22.0 Å². The zero-order valence-corrected chi connectivity index (χ0v) is 18.7. The summed E-state index contributed by atoms with van der Waals surface area (Å²) in [5, 5.41) is 5.24. The van der Waals surface area contributed by atoms with Gasteiger partial charge in [-0.15, -0.1) is 29.3 Å². The molecule has 152 valence electrons. The molecule has 1 fully saturated rings. The van der Waals surface area contributed by atoms with Crippen molar-refractivity contribution in [3.8, 4) is 10.4 Å². The number of carbonyl (C=O) groups is 1. The Hall–Kier alpha value is -1.90. The molecular weight excluding hydrogens is 422 g/mol. The normalized spacial score (nSPS) is 17.0. The van der Waals surface area contributed by atoms with Crippen LogP contribution in [0, 0.1) is 0 Å². The minimum atomic E-state index is -0.0687. The first-order valence-electron chi connectivity index (χ1n) is 9.69. The highest BCUT2D eigenvalue weighted by Gasteiger charge is 2.24. The first-order chi connectivity index (χ1) is 14.1. The summed E-state index contributed by atoms with van der Waals surface area (Å²) < 4.78 is 1.64. The van der Waals surface area contributed by atoms with Crippen molar-refractivity contribution in [1.82, 2.24) is 14.5 Å². The Morgan fingerprint density at radius 1 is 1.41 bits per heavy atom. The third-order valence-electron chi connectivity index (χ3n) is 5.21. The Morgan fingerprint density at radius 2 is 2.28 bits per heavy atom. The number of rotatable bonds is 6. The molecule has 29 heavy (non-hydrogen) atoms. The number of nitrogens with zero attached hydrogens (tertiary/aromatic N) is 3. The molecule has 1 aliphatic heterocycles. The zero-order valence-electron chi connectivity index (χ0n) is 16.3. The highest BCUT2D eigenvalue weighted by Crippen LogP contribution is 2.34. The van der Waals surface area contributed by atoms with Gasteiger partial charge >= 0.3 is 0 Å². The lowest BCUT2D eigenvalue weighted by atomic mass is 10.0. The van der Waals surface area contributed by atoms with Gasteiger partial charge in [-0.1, -0.05) is 23.9 Å². The van der Waals surface area contributed by atoms with Crippen LogP contribution in [-0.4, -0.2) is 38.7 Å². The van der Waals surface area contributed by atoms with Crippen molar-refractivity contribution >= 4 is 50.6 Å². The summed E-state index contributed by atoms with van der Waals surface area (Å²) in [6, 6.07) is 4.29. The van der Waals surface area contributed by atoms with Crippen LogP contribution in [0.3, 0.4) is 0 Å². The molecule has 3 aromatic rings. The largest absolute Gasteiger partial charge is 0.339 e. The number of piperidine rings is 1. The van der Waals surface area contributed by atoms with Crippen LogP contribution in [-0.2, 0) is 11.3 Å². The molecule has 0 aromatic carbocycles. The fraction of sp³-hybridized carbons (Fsp3) is 0.381. The molecule has 1 aliphatic rings. The zero-order chi connectivity index (χ0) is 20.4. The predicted molar refractivity (Wildman–Crippen MR) is 123 cm³/mol. The number of amides is 1. The van der Waals surface area contributed by atoms with Gasteiger partial charge in [0.2, 0.25) is 5.91 Å². The maximum absolute atomic E-state index is 13.3. The van der Waals surface area contributed by atoms with E-state index in [1.165, 1.54) is 29.5 Å². The number of thiophene rings is 2. The van der Waals surface area contributed by atoms with Crippen molar-refractivity contribution in [2.24, 2.45) is 0 Å². The van der Waals surface area contributed by atoms with Gasteiger partial charge in [-0.2, -0.15) is 0 Å². The minimum Gasteiger partial charge on any atom is -0.339 e. The summed E-state index contributed by atoms with van der Waals surface area (Å²) in [4.78, 5) is 34.5. The summed E-state index contributed by atoms with van der Waals surface area (Å²) in [5.41, 5.74) is 0.867. The van der Waals surface area contributed by atoms with Crippen molar-refractivity contribution in [2.75, 3.05) is 12.3 Å². The number of carbonyl (C=O) groups excluding carboxylic acids is 1. The van der Waals surface area contributed by atoms with Crippen LogP contribution in [0.5, 0.6) is 0 Å². The Labute approximate surface area is 182 Å². The first kappa shape index (κ1) is 20.4. The van der Waals surface area contributed by atoms with Crippen LogP contribution < -0.4 is 5.56 Å². The van der Waals surface area contributed by atoms with Crippen molar-refractivity contribution in [1.29, 1.82) is 0 Å². The van der Waals surface area contributed by atoms with E-state index in [1.807, 2.05) is 27.8 Å². The van der Waals surface area contributed by atoms with Gasteiger partial charge in [-0.05, 0) is 37.6 Å². The Kier molecular flexibility index (Phi) is 6.22. The molecule has 0 N–H and O–H groups in total. The van der Waals surface area contributed by atoms with E-state index in [9.17, 15) is 9.59 Å². The van der Waals surface area contributed by atoms with Gasteiger partial charge < -0.3 is 4.90 Å². The Morgan fingerprint density at radius 3 is 3.00 bits per heavy atom. The minimum absolute atomic E-state index is 0.0687. The molecule has 1 amide bonds. The number of allylic oxidation sites excluding steroid dienone is 1. The molecule has 0 aliphatic carbocycles. The molecule has 0 spiro atoms. The lowest BCUT2D eigenvalue weighted by Gasteiger charge is -2.33. The molecule has 0 radical (unpaired) electrons. The van der Waals surface area contributed by atoms with E-state index >= 15 is 0 Å². The summed E-state index contributed by atoms with van der Waals surface area (Å²) >= 11 is 4.44. The quantitative estimate of drug-likeness (QED) is 0.309. The van der Waals surface area contributed by atoms with Gasteiger partial charge in [0.25, 0.3) is 5.56 Å². The average Bonchev–Trinajstić information content (AvgIpc) is 3.38. The molecule has 0 bridgehead atoms. The topological polar surface area (TPSA) is 55.2 Å². The molecule has 1 saturated heterocycles. The van der Waals surface area contributed by atoms with Crippen molar-refractivity contribution < 1.29 is 4.79 Å². The number of aromatic nitrogens is 2. The standard InChI is InChI=1S/C21H23N3O2S3/c1-3-9-24-20(26)18-15(16-8-6-11-27-16)12-28-19(18)22-21(24)29-13-17(25)23-10-5-4-7-14(23)2/h3,6,8,11-12,14H,1,4-5,7,9-10,13H2,2H3. The number of hydrogen-bond donors (Lipinski definition) is 0. The second kappa shape index (κ2) is 8.85. The van der Waals surface area contributed by atoms with Crippen LogP contribution >= 0.6 is 34.4 Å². The number of fused-ring (bicyclic) bond motifs is 1. The van der Waals surface area contributed by atoms with Gasteiger partial charge in [0.15, 0.2) is 5.16 Å². The van der Waals surface area contributed by atoms with Gasteiger partial charge in [0, 0.05) is 35.0 Å².